The highest BCUT2D eigenvalue weighted by molar-refractivity contribution is 7.22. The smallest absolute Gasteiger partial charge is 0.392 e. The summed E-state index contributed by atoms with van der Waals surface area (Å²) in [7, 11) is 2.92. The molecule has 0 aliphatic carbocycles. The van der Waals surface area contributed by atoms with E-state index in [1.165, 1.54) is 42.1 Å². The van der Waals surface area contributed by atoms with Crippen molar-refractivity contribution in [2.45, 2.75) is 89.3 Å². The zero-order valence-electron chi connectivity index (χ0n) is 53.8. The summed E-state index contributed by atoms with van der Waals surface area (Å²) in [6.45, 7) is 15.4. The van der Waals surface area contributed by atoms with Crippen molar-refractivity contribution in [1.29, 1.82) is 0 Å². The number of carboxylic acids is 1. The number of piperazine rings is 1. The summed E-state index contributed by atoms with van der Waals surface area (Å²) in [6.07, 6.45) is -5.45. The first-order valence-corrected chi connectivity index (χ1v) is 34.8. The number of benzene rings is 6. The predicted octanol–water partition coefficient (Wildman–Crippen LogP) is 15.3. The monoisotopic (exact) mass is 1340 g/mol. The average Bonchev–Trinajstić information content (AvgIpc) is 1.41. The van der Waals surface area contributed by atoms with Gasteiger partial charge in [-0.05, 0) is 132 Å². The van der Waals surface area contributed by atoms with E-state index in [1.807, 2.05) is 85.8 Å². The number of hydrogen-bond acceptors (Lipinski definition) is 16. The van der Waals surface area contributed by atoms with Gasteiger partial charge in [-0.1, -0.05) is 105 Å². The van der Waals surface area contributed by atoms with Crippen LogP contribution in [0.3, 0.4) is 0 Å². The lowest BCUT2D eigenvalue weighted by atomic mass is 9.80. The fourth-order valence-electron chi connectivity index (χ4n) is 10.8. The fraction of sp³-hybridized carbons (Fsp3) is 0.338. The number of fused-ring (bicyclic) bond motifs is 1. The number of aromatic nitrogens is 4. The second-order valence-electron chi connectivity index (χ2n) is 24.5. The number of methoxy groups -OCH3 is 2. The number of likely N-dealkylation sites (N-methyl/N-ethyl adjacent to an activating group) is 1. The molecule has 23 heteroatoms. The zero-order chi connectivity index (χ0) is 67.0. The van der Waals surface area contributed by atoms with Crippen LogP contribution in [0.1, 0.15) is 60.7 Å². The number of alkyl halides is 3. The van der Waals surface area contributed by atoms with E-state index in [1.54, 1.807) is 44.6 Å². The lowest BCUT2D eigenvalue weighted by molar-refractivity contribution is -0.145. The highest BCUT2D eigenvalue weighted by Crippen LogP contribution is 2.50. The molecule has 0 bridgehead atoms. The minimum absolute atomic E-state index is 0.0527. The molecule has 0 spiro atoms. The maximum Gasteiger partial charge on any atom is 0.392 e. The Balaban J connectivity index is 1.02. The van der Waals surface area contributed by atoms with Gasteiger partial charge in [0.25, 0.3) is 0 Å². The molecule has 1 fully saturated rings. The van der Waals surface area contributed by atoms with Gasteiger partial charge in [0, 0.05) is 61.3 Å². The quantitative estimate of drug-likeness (QED) is 0.0293. The van der Waals surface area contributed by atoms with Gasteiger partial charge in [-0.25, -0.2) is 24.1 Å². The van der Waals surface area contributed by atoms with E-state index in [9.17, 15) is 27.5 Å². The van der Waals surface area contributed by atoms with Crippen LogP contribution in [0.4, 0.5) is 17.6 Å². The Morgan fingerprint density at radius 1 is 0.766 bits per heavy atom. The van der Waals surface area contributed by atoms with Crippen LogP contribution >= 0.6 is 22.9 Å². The summed E-state index contributed by atoms with van der Waals surface area (Å²) in [6, 6.07) is 41.9. The molecule has 1 aliphatic rings. The molecule has 1 N–H and O–H groups in total. The van der Waals surface area contributed by atoms with Crippen LogP contribution < -0.4 is 32.8 Å². The summed E-state index contributed by atoms with van der Waals surface area (Å²) in [5.74, 6) is 0.681. The van der Waals surface area contributed by atoms with Crippen molar-refractivity contribution in [2.24, 2.45) is 0 Å². The van der Waals surface area contributed by atoms with Gasteiger partial charge in [-0.3, -0.25) is 4.90 Å². The molecule has 4 heterocycles. The molecule has 0 amide bonds. The van der Waals surface area contributed by atoms with Crippen molar-refractivity contribution in [2.75, 3.05) is 67.2 Å². The third-order valence-corrected chi connectivity index (χ3v) is 23.0. The molecular weight excluding hydrogens is 1270 g/mol. The zero-order valence-corrected chi connectivity index (χ0v) is 56.3. The van der Waals surface area contributed by atoms with E-state index < -0.39 is 57.1 Å². The van der Waals surface area contributed by atoms with Crippen molar-refractivity contribution in [3.05, 3.63) is 196 Å². The number of carboxylic acid groups (broad SMARTS) is 1. The van der Waals surface area contributed by atoms with Crippen LogP contribution in [0.2, 0.25) is 23.2 Å². The van der Waals surface area contributed by atoms with E-state index in [-0.39, 0.29) is 48.0 Å². The fourth-order valence-corrected chi connectivity index (χ4v) is 13.2. The molecule has 16 nitrogen and oxygen atoms in total. The summed E-state index contributed by atoms with van der Waals surface area (Å²) >= 11 is 8.91. The molecule has 2 unspecified atom stereocenters. The van der Waals surface area contributed by atoms with Crippen LogP contribution in [-0.4, -0.2) is 135 Å². The maximum atomic E-state index is 14.8. The van der Waals surface area contributed by atoms with Gasteiger partial charge in [0.1, 0.15) is 70.6 Å². The van der Waals surface area contributed by atoms with Gasteiger partial charge in [-0.15, -0.1) is 11.3 Å². The van der Waals surface area contributed by atoms with Crippen LogP contribution in [0, 0.1) is 12.7 Å². The number of ether oxygens (including phenoxy) is 7. The SMILES string of the molecule is COc1ccc(C(OCC(CN2CCN(C)CC2)Oc2ccc(-c3c(-c4ccc(F)cc4)sc4ncnc(OC(Cc5cc(O[Si](C)(C)C(C)(C)C)ccc5OCc5ccnc(OCCC(F)(F)F)n5)C(=O)O)c34)c(C)c2Cl)(c2ccccc2)c2ccc(OC)cc2)cc1. The topological polar surface area (TPSA) is 169 Å². The van der Waals surface area contributed by atoms with Crippen molar-refractivity contribution < 1.29 is 65.0 Å². The molecule has 0 saturated carbocycles. The van der Waals surface area contributed by atoms with E-state index in [0.29, 0.717) is 77.5 Å². The predicted molar refractivity (Wildman–Crippen MR) is 357 cm³/mol. The number of thiophene rings is 1. The standard InChI is InChI=1S/C71H75ClF4N6O10SSi/c1-45-57(28-30-59(63(45)72)90-56(41-82-36-34-81(5)35-37-82)43-89-71(48-13-11-10-12-14-48,49-17-23-53(85-6)24-18-49)50-19-25-54(86-7)26-20-50)61-62-65(78-44-79-66(62)93-64(61)46-15-21-51(73)22-16-46)91-60(67(83)84)40-47-39-55(92-94(8,9)69(2,3)4)27-29-58(47)88-42-52-31-33-77-68(80-52)87-38-32-70(74,75)76/h10-31,33,39,44,56,60H,32,34-38,40-43H2,1-9H3,(H,83,84). The van der Waals surface area contributed by atoms with E-state index in [4.69, 9.17) is 54.2 Å². The van der Waals surface area contributed by atoms with Crippen LogP contribution in [-0.2, 0) is 28.2 Å². The molecule has 2 atom stereocenters. The number of halogens is 5. The van der Waals surface area contributed by atoms with Gasteiger partial charge < -0.3 is 47.6 Å². The van der Waals surface area contributed by atoms with Crippen LogP contribution in [0.25, 0.3) is 31.8 Å². The van der Waals surface area contributed by atoms with Gasteiger partial charge in [0.2, 0.25) is 20.3 Å². The van der Waals surface area contributed by atoms with E-state index in [2.05, 4.69) is 77.8 Å². The molecule has 3 aromatic heterocycles. The van der Waals surface area contributed by atoms with Crippen molar-refractivity contribution in [1.82, 2.24) is 29.7 Å². The summed E-state index contributed by atoms with van der Waals surface area (Å²) < 4.78 is 104. The van der Waals surface area contributed by atoms with Gasteiger partial charge in [0.15, 0.2) is 0 Å². The molecular formula is C71H75ClF4N6O10SSi. The maximum absolute atomic E-state index is 14.8. The molecule has 1 saturated heterocycles. The normalized spacial score (nSPS) is 14.1. The Morgan fingerprint density at radius 2 is 1.40 bits per heavy atom. The number of nitrogens with zero attached hydrogens (tertiary/aromatic N) is 6. The minimum Gasteiger partial charge on any atom is -0.543 e. The van der Waals surface area contributed by atoms with Crippen molar-refractivity contribution in [3.8, 4) is 62.2 Å². The molecule has 6 aromatic carbocycles. The minimum atomic E-state index is -4.43. The molecule has 9 aromatic rings. The second kappa shape index (κ2) is 29.5. The van der Waals surface area contributed by atoms with Crippen molar-refractivity contribution in [3.63, 3.8) is 0 Å². The Bertz CT molecular complexity index is 4000. The highest BCUT2D eigenvalue weighted by atomic mass is 35.5. The number of hydrogen-bond donors (Lipinski definition) is 1. The number of carbonyl (C=O) groups is 1. The van der Waals surface area contributed by atoms with Gasteiger partial charge >= 0.3 is 18.2 Å². The molecule has 1 aliphatic heterocycles. The van der Waals surface area contributed by atoms with Gasteiger partial charge in [0.05, 0.1) is 43.4 Å². The van der Waals surface area contributed by atoms with E-state index in [0.717, 1.165) is 42.9 Å². The first-order chi connectivity index (χ1) is 44.9. The lowest BCUT2D eigenvalue weighted by Crippen LogP contribution is -2.49. The first-order valence-electron chi connectivity index (χ1n) is 30.7. The first kappa shape index (κ1) is 68.5. The number of aliphatic carboxylic acids is 1. The van der Waals surface area contributed by atoms with Crippen molar-refractivity contribution >= 4 is 47.4 Å². The summed E-state index contributed by atoms with van der Waals surface area (Å²) in [4.78, 5) is 37.0. The molecule has 0 radical (unpaired) electrons. The third-order valence-electron chi connectivity index (χ3n) is 17.0. The highest BCUT2D eigenvalue weighted by Gasteiger charge is 2.41. The summed E-state index contributed by atoms with van der Waals surface area (Å²) in [5, 5.41) is 11.6. The molecule has 494 valence electrons. The van der Waals surface area contributed by atoms with Gasteiger partial charge in [-0.2, -0.15) is 18.2 Å². The second-order valence-corrected chi connectivity index (χ2v) is 30.6. The average molecular weight is 1340 g/mol. The Hall–Kier alpha value is -8.38. The Kier molecular flexibility index (Phi) is 21.5. The largest absolute Gasteiger partial charge is 0.543 e. The third kappa shape index (κ3) is 16.2. The molecule has 10 rings (SSSR count). The Morgan fingerprint density at radius 3 is 2.03 bits per heavy atom. The van der Waals surface area contributed by atoms with Crippen LogP contribution in [0.5, 0.6) is 40.6 Å². The lowest BCUT2D eigenvalue weighted by Gasteiger charge is -2.39. The molecule has 94 heavy (non-hydrogen) atoms. The number of rotatable bonds is 27. The van der Waals surface area contributed by atoms with Crippen LogP contribution in [0.15, 0.2) is 152 Å². The Labute approximate surface area is 554 Å². The summed E-state index contributed by atoms with van der Waals surface area (Å²) in [5.41, 5.74) is 4.54. The van der Waals surface area contributed by atoms with E-state index >= 15 is 0 Å².